The van der Waals surface area contributed by atoms with Gasteiger partial charge in [0.1, 0.15) is 0 Å². The van der Waals surface area contributed by atoms with Gasteiger partial charge in [-0.05, 0) is 19.4 Å². The SMILES string of the molecule is CC[CH]NCCCCCCCCCC. The highest BCUT2D eigenvalue weighted by molar-refractivity contribution is 4.58. The van der Waals surface area contributed by atoms with E-state index < -0.39 is 0 Å². The molecule has 0 rings (SSSR count). The van der Waals surface area contributed by atoms with Crippen molar-refractivity contribution in [1.82, 2.24) is 5.32 Å². The van der Waals surface area contributed by atoms with E-state index in [4.69, 9.17) is 0 Å². The first-order valence-corrected chi connectivity index (χ1v) is 6.46. The minimum atomic E-state index is 1.14. The van der Waals surface area contributed by atoms with Gasteiger partial charge in [0.05, 0.1) is 0 Å². The van der Waals surface area contributed by atoms with Crippen LogP contribution in [0.2, 0.25) is 0 Å². The van der Waals surface area contributed by atoms with Crippen LogP contribution in [0.1, 0.15) is 71.6 Å². The van der Waals surface area contributed by atoms with Gasteiger partial charge in [-0.1, -0.05) is 58.8 Å². The molecule has 0 bridgehead atoms. The summed E-state index contributed by atoms with van der Waals surface area (Å²) in [6.45, 7) is 7.76. The van der Waals surface area contributed by atoms with E-state index in [9.17, 15) is 0 Å². The smallest absolute Gasteiger partial charge is 0.0218 e. The predicted molar refractivity (Wildman–Crippen MR) is 65.2 cm³/mol. The van der Waals surface area contributed by atoms with E-state index in [1.807, 2.05) is 0 Å². The third-order valence-corrected chi connectivity index (χ3v) is 2.52. The second-order valence-corrected chi connectivity index (χ2v) is 4.04. The predicted octanol–water partition coefficient (Wildman–Crippen LogP) is 4.29. The van der Waals surface area contributed by atoms with Gasteiger partial charge in [0.15, 0.2) is 0 Å². The fraction of sp³-hybridized carbons (Fsp3) is 0.923. The minimum Gasteiger partial charge on any atom is -0.312 e. The molecule has 0 atom stereocenters. The molecule has 0 aliphatic carbocycles. The van der Waals surface area contributed by atoms with Crippen LogP contribution in [0.3, 0.4) is 0 Å². The maximum atomic E-state index is 3.32. The third-order valence-electron chi connectivity index (χ3n) is 2.52. The molecule has 14 heavy (non-hydrogen) atoms. The molecule has 1 nitrogen and oxygen atoms in total. The van der Waals surface area contributed by atoms with Gasteiger partial charge < -0.3 is 5.32 Å². The summed E-state index contributed by atoms with van der Waals surface area (Å²) in [6, 6.07) is 0. The minimum absolute atomic E-state index is 1.14. The molecule has 0 amide bonds. The van der Waals surface area contributed by atoms with Gasteiger partial charge in [-0.2, -0.15) is 0 Å². The lowest BCUT2D eigenvalue weighted by atomic mass is 10.1. The van der Waals surface area contributed by atoms with Crippen molar-refractivity contribution in [2.24, 2.45) is 0 Å². The van der Waals surface area contributed by atoms with Crippen molar-refractivity contribution in [2.45, 2.75) is 71.6 Å². The van der Waals surface area contributed by atoms with Crippen molar-refractivity contribution in [2.75, 3.05) is 6.54 Å². The molecule has 0 heterocycles. The van der Waals surface area contributed by atoms with Crippen molar-refractivity contribution < 1.29 is 0 Å². The van der Waals surface area contributed by atoms with E-state index in [0.29, 0.717) is 0 Å². The molecule has 0 aliphatic rings. The molecule has 0 saturated carbocycles. The Morgan fingerprint density at radius 1 is 0.786 bits per heavy atom. The number of hydrogen-bond acceptors (Lipinski definition) is 1. The summed E-state index contributed by atoms with van der Waals surface area (Å²) in [6.07, 6.45) is 12.4. The summed E-state index contributed by atoms with van der Waals surface area (Å²) in [5.74, 6) is 0. The quantitative estimate of drug-likeness (QED) is 0.488. The zero-order chi connectivity index (χ0) is 10.5. The molecule has 0 aromatic rings. The number of rotatable bonds is 11. The van der Waals surface area contributed by atoms with E-state index in [2.05, 4.69) is 25.7 Å². The maximum Gasteiger partial charge on any atom is 0.0218 e. The van der Waals surface area contributed by atoms with Gasteiger partial charge in [-0.3, -0.25) is 0 Å². The first-order chi connectivity index (χ1) is 6.91. The van der Waals surface area contributed by atoms with E-state index in [1.165, 1.54) is 57.9 Å². The molecule has 0 aromatic heterocycles. The second-order valence-electron chi connectivity index (χ2n) is 4.04. The average molecular weight is 198 g/mol. The average Bonchev–Trinajstić information content (AvgIpc) is 2.21. The van der Waals surface area contributed by atoms with Crippen LogP contribution in [-0.4, -0.2) is 6.54 Å². The molecule has 0 spiro atoms. The molecular formula is C13H28N. The largest absolute Gasteiger partial charge is 0.312 e. The highest BCUT2D eigenvalue weighted by atomic mass is 14.8. The number of nitrogens with one attached hydrogen (secondary N) is 1. The van der Waals surface area contributed by atoms with Crippen LogP contribution >= 0.6 is 0 Å². The van der Waals surface area contributed by atoms with Crippen molar-refractivity contribution in [1.29, 1.82) is 0 Å². The molecule has 0 aromatic carbocycles. The van der Waals surface area contributed by atoms with Crippen LogP contribution in [0.5, 0.6) is 0 Å². The summed E-state index contributed by atoms with van der Waals surface area (Å²) in [5, 5.41) is 3.32. The maximum absolute atomic E-state index is 3.32. The molecule has 0 unspecified atom stereocenters. The Bertz CT molecular complexity index is 79.2. The molecule has 0 saturated heterocycles. The molecule has 1 heteroatoms. The molecule has 1 N–H and O–H groups in total. The van der Waals surface area contributed by atoms with Crippen LogP contribution in [0.4, 0.5) is 0 Å². The normalized spacial score (nSPS) is 10.7. The van der Waals surface area contributed by atoms with Crippen molar-refractivity contribution in [3.8, 4) is 0 Å². The van der Waals surface area contributed by atoms with E-state index in [-0.39, 0.29) is 0 Å². The topological polar surface area (TPSA) is 12.0 Å². The first-order valence-electron chi connectivity index (χ1n) is 6.46. The molecule has 0 fully saturated rings. The standard InChI is InChI=1S/C13H28N/c1-3-5-6-7-8-9-10-11-13-14-12-4-2/h12,14H,3-11,13H2,1-2H3. The molecular weight excluding hydrogens is 170 g/mol. The van der Waals surface area contributed by atoms with Crippen LogP contribution in [0.15, 0.2) is 0 Å². The summed E-state index contributed by atoms with van der Waals surface area (Å²) < 4.78 is 0. The van der Waals surface area contributed by atoms with Gasteiger partial charge in [0.25, 0.3) is 0 Å². The van der Waals surface area contributed by atoms with Crippen molar-refractivity contribution in [3.05, 3.63) is 6.54 Å². The van der Waals surface area contributed by atoms with E-state index >= 15 is 0 Å². The Balaban J connectivity index is 2.78. The van der Waals surface area contributed by atoms with Crippen LogP contribution in [-0.2, 0) is 0 Å². The second kappa shape index (κ2) is 13.0. The highest BCUT2D eigenvalue weighted by Gasteiger charge is 1.91. The molecule has 0 aliphatic heterocycles. The Labute approximate surface area is 90.7 Å². The van der Waals surface area contributed by atoms with Crippen LogP contribution in [0.25, 0.3) is 0 Å². The van der Waals surface area contributed by atoms with Crippen molar-refractivity contribution in [3.63, 3.8) is 0 Å². The summed E-state index contributed by atoms with van der Waals surface area (Å²) in [4.78, 5) is 0. The van der Waals surface area contributed by atoms with Gasteiger partial charge >= 0.3 is 0 Å². The van der Waals surface area contributed by atoms with Crippen LogP contribution < -0.4 is 5.32 Å². The zero-order valence-corrected chi connectivity index (χ0v) is 10.1. The Kier molecular flexibility index (Phi) is 12.9. The zero-order valence-electron chi connectivity index (χ0n) is 10.1. The first kappa shape index (κ1) is 14.0. The number of hydrogen-bond donors (Lipinski definition) is 1. The monoisotopic (exact) mass is 198 g/mol. The fourth-order valence-corrected chi connectivity index (χ4v) is 1.61. The summed E-state index contributed by atoms with van der Waals surface area (Å²) in [7, 11) is 0. The lowest BCUT2D eigenvalue weighted by molar-refractivity contribution is 0.565. The van der Waals surface area contributed by atoms with E-state index in [0.717, 1.165) is 6.42 Å². The Morgan fingerprint density at radius 3 is 1.93 bits per heavy atom. The lowest BCUT2D eigenvalue weighted by Gasteiger charge is -2.02. The summed E-state index contributed by atoms with van der Waals surface area (Å²) in [5.41, 5.74) is 0. The van der Waals surface area contributed by atoms with Gasteiger partial charge in [0, 0.05) is 6.54 Å². The van der Waals surface area contributed by atoms with E-state index in [1.54, 1.807) is 0 Å². The lowest BCUT2D eigenvalue weighted by Crippen LogP contribution is -2.10. The van der Waals surface area contributed by atoms with Gasteiger partial charge in [0.2, 0.25) is 0 Å². The van der Waals surface area contributed by atoms with Crippen LogP contribution in [0, 0.1) is 6.54 Å². The number of unbranched alkanes of at least 4 members (excludes halogenated alkanes) is 7. The highest BCUT2D eigenvalue weighted by Crippen LogP contribution is 2.07. The summed E-state index contributed by atoms with van der Waals surface area (Å²) >= 11 is 0. The molecule has 1 radical (unpaired) electrons. The van der Waals surface area contributed by atoms with Gasteiger partial charge in [-0.15, -0.1) is 0 Å². The Morgan fingerprint density at radius 2 is 1.36 bits per heavy atom. The fourth-order valence-electron chi connectivity index (χ4n) is 1.61. The van der Waals surface area contributed by atoms with Crippen molar-refractivity contribution >= 4 is 0 Å². The Hall–Kier alpha value is -0.0400. The van der Waals surface area contributed by atoms with Gasteiger partial charge in [-0.25, -0.2) is 0 Å². The molecule has 85 valence electrons. The third kappa shape index (κ3) is 12.0.